The van der Waals surface area contributed by atoms with Crippen LogP contribution in [-0.2, 0) is 0 Å². The van der Waals surface area contributed by atoms with E-state index in [4.69, 9.17) is 0 Å². The first-order valence-electron chi connectivity index (χ1n) is 4.23. The maximum absolute atomic E-state index is 3.34. The minimum absolute atomic E-state index is 0.707. The molecule has 60 valence electrons. The van der Waals surface area contributed by atoms with E-state index in [0.29, 0.717) is 12.1 Å². The second kappa shape index (κ2) is 3.94. The molecule has 0 aromatic carbocycles. The molecule has 2 N–H and O–H groups in total. The molecule has 2 nitrogen and oxygen atoms in total. The minimum atomic E-state index is 0.707. The summed E-state index contributed by atoms with van der Waals surface area (Å²) in [5, 5.41) is 6.68. The van der Waals surface area contributed by atoms with Gasteiger partial charge in [0.25, 0.3) is 0 Å². The highest BCUT2D eigenvalue weighted by molar-refractivity contribution is 4.83. The van der Waals surface area contributed by atoms with Crippen LogP contribution in [0.3, 0.4) is 0 Å². The summed E-state index contributed by atoms with van der Waals surface area (Å²) in [6, 6.07) is 1.41. The summed E-state index contributed by atoms with van der Waals surface area (Å²) in [5.74, 6) is 0. The van der Waals surface area contributed by atoms with E-state index in [-0.39, 0.29) is 0 Å². The Balaban J connectivity index is 2.34. The first-order chi connectivity index (χ1) is 4.88. The van der Waals surface area contributed by atoms with Crippen LogP contribution in [0, 0.1) is 0 Å². The van der Waals surface area contributed by atoms with Gasteiger partial charge >= 0.3 is 0 Å². The highest BCUT2D eigenvalue weighted by Crippen LogP contribution is 2.17. The van der Waals surface area contributed by atoms with Gasteiger partial charge < -0.3 is 10.6 Å². The van der Waals surface area contributed by atoms with Gasteiger partial charge in [-0.2, -0.15) is 0 Å². The zero-order chi connectivity index (χ0) is 7.40. The van der Waals surface area contributed by atoms with E-state index in [9.17, 15) is 0 Å². The quantitative estimate of drug-likeness (QED) is 0.594. The predicted molar refractivity (Wildman–Crippen MR) is 44.2 cm³/mol. The summed E-state index contributed by atoms with van der Waals surface area (Å²) < 4.78 is 0. The van der Waals surface area contributed by atoms with E-state index in [1.807, 2.05) is 0 Å². The normalized spacial score (nSPS) is 34.2. The van der Waals surface area contributed by atoms with Crippen molar-refractivity contribution in [3.63, 3.8) is 0 Å². The molecular formula is C8H18N2. The standard InChI is InChI=1S/C8H18N2/c1-9-7-5-3-4-6-8(7)10-2/h7-10H,3-6H2,1-2H3/t7-,8?/m1/s1. The second-order valence-corrected chi connectivity index (χ2v) is 3.07. The second-order valence-electron chi connectivity index (χ2n) is 3.07. The monoisotopic (exact) mass is 142 g/mol. The summed E-state index contributed by atoms with van der Waals surface area (Å²) >= 11 is 0. The molecule has 1 rings (SSSR count). The zero-order valence-electron chi connectivity index (χ0n) is 6.98. The van der Waals surface area contributed by atoms with Gasteiger partial charge in [-0.25, -0.2) is 0 Å². The fourth-order valence-electron chi connectivity index (χ4n) is 1.82. The smallest absolute Gasteiger partial charge is 0.0218 e. The number of hydrogen-bond donors (Lipinski definition) is 2. The molecule has 0 spiro atoms. The fourth-order valence-corrected chi connectivity index (χ4v) is 1.82. The minimum Gasteiger partial charge on any atom is -0.315 e. The summed E-state index contributed by atoms with van der Waals surface area (Å²) in [6.45, 7) is 0. The van der Waals surface area contributed by atoms with E-state index in [2.05, 4.69) is 24.7 Å². The molecule has 0 saturated heterocycles. The van der Waals surface area contributed by atoms with Gasteiger partial charge in [0.15, 0.2) is 0 Å². The predicted octanol–water partition coefficient (Wildman–Crippen LogP) is 0.736. The van der Waals surface area contributed by atoms with Gasteiger partial charge in [0, 0.05) is 12.1 Å². The Morgan fingerprint density at radius 3 is 1.60 bits per heavy atom. The van der Waals surface area contributed by atoms with Crippen molar-refractivity contribution in [2.45, 2.75) is 37.8 Å². The van der Waals surface area contributed by atoms with Crippen molar-refractivity contribution in [3.8, 4) is 0 Å². The molecule has 1 saturated carbocycles. The van der Waals surface area contributed by atoms with Gasteiger partial charge in [0.05, 0.1) is 0 Å². The van der Waals surface area contributed by atoms with Gasteiger partial charge in [0.2, 0.25) is 0 Å². The van der Waals surface area contributed by atoms with Gasteiger partial charge in [-0.1, -0.05) is 12.8 Å². The maximum atomic E-state index is 3.34. The van der Waals surface area contributed by atoms with Crippen LogP contribution in [0.1, 0.15) is 25.7 Å². The van der Waals surface area contributed by atoms with Crippen molar-refractivity contribution in [1.82, 2.24) is 10.6 Å². The molecule has 1 aliphatic rings. The highest BCUT2D eigenvalue weighted by atomic mass is 15.0. The van der Waals surface area contributed by atoms with Gasteiger partial charge in [0.1, 0.15) is 0 Å². The van der Waals surface area contributed by atoms with Crippen LogP contribution in [0.2, 0.25) is 0 Å². The molecule has 2 heteroatoms. The van der Waals surface area contributed by atoms with Crippen molar-refractivity contribution in [2.75, 3.05) is 14.1 Å². The van der Waals surface area contributed by atoms with E-state index >= 15 is 0 Å². The molecule has 1 unspecified atom stereocenters. The molecule has 10 heavy (non-hydrogen) atoms. The van der Waals surface area contributed by atoms with Crippen LogP contribution >= 0.6 is 0 Å². The van der Waals surface area contributed by atoms with Crippen LogP contribution in [-0.4, -0.2) is 26.2 Å². The van der Waals surface area contributed by atoms with E-state index in [1.165, 1.54) is 25.7 Å². The third kappa shape index (κ3) is 1.70. The summed E-state index contributed by atoms with van der Waals surface area (Å²) in [6.07, 6.45) is 5.46. The van der Waals surface area contributed by atoms with Crippen LogP contribution in [0.4, 0.5) is 0 Å². The molecule has 0 amide bonds. The highest BCUT2D eigenvalue weighted by Gasteiger charge is 2.21. The largest absolute Gasteiger partial charge is 0.315 e. The summed E-state index contributed by atoms with van der Waals surface area (Å²) in [7, 11) is 4.11. The summed E-state index contributed by atoms with van der Waals surface area (Å²) in [5.41, 5.74) is 0. The van der Waals surface area contributed by atoms with Gasteiger partial charge in [-0.15, -0.1) is 0 Å². The fraction of sp³-hybridized carbons (Fsp3) is 1.00. The zero-order valence-corrected chi connectivity index (χ0v) is 6.98. The van der Waals surface area contributed by atoms with Crippen molar-refractivity contribution in [1.29, 1.82) is 0 Å². The molecule has 0 aromatic heterocycles. The molecule has 0 radical (unpaired) electrons. The molecule has 2 atom stereocenters. The first-order valence-corrected chi connectivity index (χ1v) is 4.23. The number of nitrogens with one attached hydrogen (secondary N) is 2. The molecule has 0 heterocycles. The lowest BCUT2D eigenvalue weighted by atomic mass is 9.91. The van der Waals surface area contributed by atoms with E-state index in [1.54, 1.807) is 0 Å². The third-order valence-electron chi connectivity index (χ3n) is 2.51. The summed E-state index contributed by atoms with van der Waals surface area (Å²) in [4.78, 5) is 0. The maximum Gasteiger partial charge on any atom is 0.0218 e. The van der Waals surface area contributed by atoms with E-state index in [0.717, 1.165) is 0 Å². The number of rotatable bonds is 2. The van der Waals surface area contributed by atoms with Gasteiger partial charge in [-0.05, 0) is 26.9 Å². The van der Waals surface area contributed by atoms with Crippen LogP contribution in [0.5, 0.6) is 0 Å². The molecule has 0 aromatic rings. The Bertz CT molecular complexity index is 81.3. The van der Waals surface area contributed by atoms with Crippen LogP contribution in [0.25, 0.3) is 0 Å². The molecular weight excluding hydrogens is 124 g/mol. The Labute approximate surface area is 63.4 Å². The lowest BCUT2D eigenvalue weighted by Gasteiger charge is -2.30. The average Bonchev–Trinajstić information content (AvgIpc) is 2.04. The van der Waals surface area contributed by atoms with Crippen molar-refractivity contribution in [2.24, 2.45) is 0 Å². The van der Waals surface area contributed by atoms with Crippen molar-refractivity contribution in [3.05, 3.63) is 0 Å². The first kappa shape index (κ1) is 8.02. The number of hydrogen-bond acceptors (Lipinski definition) is 2. The molecule has 1 fully saturated rings. The average molecular weight is 142 g/mol. The number of likely N-dealkylation sites (N-methyl/N-ethyl adjacent to an activating group) is 2. The Morgan fingerprint density at radius 1 is 0.900 bits per heavy atom. The topological polar surface area (TPSA) is 24.1 Å². The molecule has 0 aliphatic heterocycles. The third-order valence-corrected chi connectivity index (χ3v) is 2.51. The van der Waals surface area contributed by atoms with Crippen molar-refractivity contribution < 1.29 is 0 Å². The van der Waals surface area contributed by atoms with Gasteiger partial charge in [-0.3, -0.25) is 0 Å². The van der Waals surface area contributed by atoms with E-state index < -0.39 is 0 Å². The van der Waals surface area contributed by atoms with Crippen molar-refractivity contribution >= 4 is 0 Å². The SMILES string of the molecule is CNC1CCCC[C@H]1NC. The van der Waals surface area contributed by atoms with Crippen LogP contribution < -0.4 is 10.6 Å². The Morgan fingerprint density at radius 2 is 1.30 bits per heavy atom. The molecule has 0 bridgehead atoms. The van der Waals surface area contributed by atoms with Crippen LogP contribution in [0.15, 0.2) is 0 Å². The molecule has 1 aliphatic carbocycles. The lowest BCUT2D eigenvalue weighted by molar-refractivity contribution is 0.309. The lowest BCUT2D eigenvalue weighted by Crippen LogP contribution is -2.47. The Kier molecular flexibility index (Phi) is 3.16. The Hall–Kier alpha value is -0.0800.